The van der Waals surface area contributed by atoms with Crippen LogP contribution in [0.3, 0.4) is 0 Å². The van der Waals surface area contributed by atoms with Crippen molar-refractivity contribution in [2.75, 3.05) is 20.1 Å². The number of rotatable bonds is 6. The second kappa shape index (κ2) is 10.9. The highest BCUT2D eigenvalue weighted by Crippen LogP contribution is 2.43. The second-order valence-corrected chi connectivity index (χ2v) is 7.01. The van der Waals surface area contributed by atoms with E-state index >= 15 is 0 Å². The molecular formula is C18H31ClO4. The molecule has 0 spiro atoms. The third-order valence-electron chi connectivity index (χ3n) is 5.11. The standard InChI is InChI=1S/C11H19ClO2.C7H12O2/c1-14-10(13)11(6-2-3-7-11)8-4-5-9-12;1-9-7(8)6-4-2-3-5-6/h2-9H2,1H3;6H,2-5H2,1H3. The zero-order chi connectivity index (χ0) is 17.1. The van der Waals surface area contributed by atoms with Crippen molar-refractivity contribution in [1.29, 1.82) is 0 Å². The molecule has 5 heteroatoms. The van der Waals surface area contributed by atoms with E-state index in [4.69, 9.17) is 16.3 Å². The van der Waals surface area contributed by atoms with Crippen molar-refractivity contribution in [3.8, 4) is 0 Å². The molecule has 0 amide bonds. The van der Waals surface area contributed by atoms with Crippen LogP contribution in [0.25, 0.3) is 0 Å². The number of halogens is 1. The fraction of sp³-hybridized carbons (Fsp3) is 0.889. The van der Waals surface area contributed by atoms with E-state index in [1.54, 1.807) is 0 Å². The fourth-order valence-corrected chi connectivity index (χ4v) is 3.90. The van der Waals surface area contributed by atoms with Gasteiger partial charge in [0.25, 0.3) is 0 Å². The summed E-state index contributed by atoms with van der Waals surface area (Å²) in [5.41, 5.74) is -0.166. The monoisotopic (exact) mass is 346 g/mol. The number of unbranched alkanes of at least 4 members (excludes halogenated alkanes) is 1. The van der Waals surface area contributed by atoms with Crippen LogP contribution in [-0.4, -0.2) is 32.0 Å². The van der Waals surface area contributed by atoms with Crippen LogP contribution in [0, 0.1) is 11.3 Å². The Hall–Kier alpha value is -0.770. The first kappa shape index (κ1) is 20.3. The zero-order valence-corrected chi connectivity index (χ0v) is 15.3. The summed E-state index contributed by atoms with van der Waals surface area (Å²) >= 11 is 5.63. The van der Waals surface area contributed by atoms with Gasteiger partial charge in [-0.15, -0.1) is 11.6 Å². The van der Waals surface area contributed by atoms with Crippen molar-refractivity contribution in [3.63, 3.8) is 0 Å². The van der Waals surface area contributed by atoms with Gasteiger partial charge in [-0.05, 0) is 38.5 Å². The van der Waals surface area contributed by atoms with Gasteiger partial charge in [0, 0.05) is 5.88 Å². The number of alkyl halides is 1. The molecule has 0 unspecified atom stereocenters. The predicted molar refractivity (Wildman–Crippen MR) is 91.5 cm³/mol. The molecule has 0 atom stereocenters. The summed E-state index contributed by atoms with van der Waals surface area (Å²) in [5, 5.41) is 0. The van der Waals surface area contributed by atoms with Crippen LogP contribution >= 0.6 is 11.6 Å². The molecule has 0 N–H and O–H groups in total. The van der Waals surface area contributed by atoms with E-state index in [2.05, 4.69) is 4.74 Å². The summed E-state index contributed by atoms with van der Waals surface area (Å²) in [5.74, 6) is 0.879. The quantitative estimate of drug-likeness (QED) is 0.404. The third-order valence-corrected chi connectivity index (χ3v) is 5.37. The van der Waals surface area contributed by atoms with Gasteiger partial charge in [0.15, 0.2) is 0 Å². The van der Waals surface area contributed by atoms with Crippen molar-refractivity contribution in [2.45, 2.75) is 70.6 Å². The minimum Gasteiger partial charge on any atom is -0.469 e. The smallest absolute Gasteiger partial charge is 0.311 e. The molecule has 134 valence electrons. The number of ether oxygens (including phenoxy) is 2. The lowest BCUT2D eigenvalue weighted by Crippen LogP contribution is -2.29. The molecule has 0 heterocycles. The van der Waals surface area contributed by atoms with Gasteiger partial charge in [-0.1, -0.05) is 32.1 Å². The van der Waals surface area contributed by atoms with Gasteiger partial charge in [-0.25, -0.2) is 0 Å². The minimum atomic E-state index is -0.166. The number of carbonyl (C=O) groups is 2. The summed E-state index contributed by atoms with van der Waals surface area (Å²) < 4.78 is 9.49. The molecule has 0 radical (unpaired) electrons. The summed E-state index contributed by atoms with van der Waals surface area (Å²) in [4.78, 5) is 22.5. The molecular weight excluding hydrogens is 316 g/mol. The van der Waals surface area contributed by atoms with E-state index in [0.29, 0.717) is 5.88 Å². The molecule has 2 aliphatic carbocycles. The first-order valence-electron chi connectivity index (χ1n) is 8.82. The van der Waals surface area contributed by atoms with Crippen molar-refractivity contribution >= 4 is 23.5 Å². The lowest BCUT2D eigenvalue weighted by Gasteiger charge is -2.25. The van der Waals surface area contributed by atoms with Crippen LogP contribution in [0.15, 0.2) is 0 Å². The fourth-order valence-electron chi connectivity index (χ4n) is 3.71. The number of esters is 2. The first-order chi connectivity index (χ1) is 11.1. The number of hydrogen-bond donors (Lipinski definition) is 0. The minimum absolute atomic E-state index is 0.00966. The highest BCUT2D eigenvalue weighted by molar-refractivity contribution is 6.17. The predicted octanol–water partition coefficient (Wildman–Crippen LogP) is 4.48. The van der Waals surface area contributed by atoms with E-state index in [1.165, 1.54) is 27.1 Å². The molecule has 2 rings (SSSR count). The normalized spacial score (nSPS) is 19.8. The maximum absolute atomic E-state index is 11.7. The van der Waals surface area contributed by atoms with Gasteiger partial charge >= 0.3 is 11.9 Å². The first-order valence-corrected chi connectivity index (χ1v) is 9.35. The highest BCUT2D eigenvalue weighted by atomic mass is 35.5. The molecule has 0 aliphatic heterocycles. The van der Waals surface area contributed by atoms with Crippen LogP contribution in [0.4, 0.5) is 0 Å². The Kier molecular flexibility index (Phi) is 9.61. The van der Waals surface area contributed by atoms with Crippen LogP contribution in [0.5, 0.6) is 0 Å². The largest absolute Gasteiger partial charge is 0.469 e. The maximum Gasteiger partial charge on any atom is 0.311 e. The van der Waals surface area contributed by atoms with Crippen LogP contribution in [0.2, 0.25) is 0 Å². The summed E-state index contributed by atoms with van der Waals surface area (Å²) in [6.07, 6.45) is 11.8. The average molecular weight is 347 g/mol. The van der Waals surface area contributed by atoms with E-state index in [9.17, 15) is 9.59 Å². The SMILES string of the molecule is COC(=O)C1(CCCCCl)CCCC1.COC(=O)C1CCCC1. The maximum atomic E-state index is 11.7. The topological polar surface area (TPSA) is 52.6 Å². The van der Waals surface area contributed by atoms with Crippen molar-refractivity contribution < 1.29 is 19.1 Å². The van der Waals surface area contributed by atoms with Crippen LogP contribution in [-0.2, 0) is 19.1 Å². The van der Waals surface area contributed by atoms with E-state index in [1.807, 2.05) is 0 Å². The van der Waals surface area contributed by atoms with Gasteiger partial charge < -0.3 is 9.47 Å². The summed E-state index contributed by atoms with van der Waals surface area (Å²) in [7, 11) is 2.95. The van der Waals surface area contributed by atoms with E-state index in [-0.39, 0.29) is 23.3 Å². The zero-order valence-electron chi connectivity index (χ0n) is 14.6. The molecule has 2 saturated carbocycles. The molecule has 0 saturated heterocycles. The summed E-state index contributed by atoms with van der Waals surface area (Å²) in [6, 6.07) is 0. The third kappa shape index (κ3) is 6.33. The van der Waals surface area contributed by atoms with Gasteiger partial charge in [-0.2, -0.15) is 0 Å². The van der Waals surface area contributed by atoms with Crippen molar-refractivity contribution in [3.05, 3.63) is 0 Å². The molecule has 0 bridgehead atoms. The lowest BCUT2D eigenvalue weighted by molar-refractivity contribution is -0.153. The van der Waals surface area contributed by atoms with Crippen LogP contribution < -0.4 is 0 Å². The van der Waals surface area contributed by atoms with Crippen LogP contribution in [0.1, 0.15) is 70.6 Å². The van der Waals surface area contributed by atoms with Gasteiger partial charge in [-0.3, -0.25) is 9.59 Å². The molecule has 2 fully saturated rings. The molecule has 0 aromatic carbocycles. The molecule has 23 heavy (non-hydrogen) atoms. The van der Waals surface area contributed by atoms with E-state index in [0.717, 1.165) is 57.8 Å². The highest BCUT2D eigenvalue weighted by Gasteiger charge is 2.41. The Bertz CT molecular complexity index is 358. The second-order valence-electron chi connectivity index (χ2n) is 6.63. The summed E-state index contributed by atoms with van der Waals surface area (Å²) in [6.45, 7) is 0. The van der Waals surface area contributed by atoms with Gasteiger partial charge in [0.2, 0.25) is 0 Å². The Morgan fingerprint density at radius 1 is 1.00 bits per heavy atom. The number of carbonyl (C=O) groups excluding carboxylic acids is 2. The molecule has 0 aromatic rings. The number of hydrogen-bond acceptors (Lipinski definition) is 4. The van der Waals surface area contributed by atoms with Crippen molar-refractivity contribution in [2.24, 2.45) is 11.3 Å². The Morgan fingerprint density at radius 3 is 2.09 bits per heavy atom. The van der Waals surface area contributed by atoms with E-state index < -0.39 is 0 Å². The van der Waals surface area contributed by atoms with Gasteiger partial charge in [0.1, 0.15) is 0 Å². The lowest BCUT2D eigenvalue weighted by atomic mass is 9.81. The Morgan fingerprint density at radius 2 is 1.61 bits per heavy atom. The molecule has 0 aromatic heterocycles. The molecule has 4 nitrogen and oxygen atoms in total. The number of methoxy groups -OCH3 is 2. The van der Waals surface area contributed by atoms with Gasteiger partial charge in [0.05, 0.1) is 25.6 Å². The molecule has 2 aliphatic rings. The average Bonchev–Trinajstić information content (AvgIpc) is 3.26. The van der Waals surface area contributed by atoms with Crippen molar-refractivity contribution in [1.82, 2.24) is 0 Å². The Balaban J connectivity index is 0.000000253. The Labute approximate surface area is 145 Å².